The van der Waals surface area contributed by atoms with Gasteiger partial charge in [0.05, 0.1) is 24.8 Å². The molecular weight excluding hydrogens is 160 g/mol. The molecule has 0 bridgehead atoms. The molecule has 0 radical (unpaired) electrons. The quantitative estimate of drug-likeness (QED) is 0.395. The molecule has 0 aromatic rings. The average Bonchev–Trinajstić information content (AvgIpc) is 2.01. The van der Waals surface area contributed by atoms with Gasteiger partial charge >= 0.3 is 0 Å². The van der Waals surface area contributed by atoms with E-state index in [0.29, 0.717) is 0 Å². The fourth-order valence-electron chi connectivity index (χ4n) is 1.31. The van der Waals surface area contributed by atoms with Gasteiger partial charge in [0.25, 0.3) is 0 Å². The Morgan fingerprint density at radius 2 is 1.75 bits per heavy atom. The minimum absolute atomic E-state index is 0.167. The lowest BCUT2D eigenvalue weighted by Crippen LogP contribution is -2.55. The van der Waals surface area contributed by atoms with E-state index < -0.39 is 18.3 Å². The Hall–Kier alpha value is -0.670. The summed E-state index contributed by atoms with van der Waals surface area (Å²) < 4.78 is 0. The predicted molar refractivity (Wildman–Crippen MR) is 40.1 cm³/mol. The van der Waals surface area contributed by atoms with E-state index in [1.165, 1.54) is 0 Å². The second-order valence-electron chi connectivity index (χ2n) is 2.98. The Morgan fingerprint density at radius 1 is 1.25 bits per heavy atom. The van der Waals surface area contributed by atoms with Crippen LogP contribution < -0.4 is 0 Å². The van der Waals surface area contributed by atoms with E-state index >= 15 is 0 Å². The Morgan fingerprint density at radius 3 is 2.17 bits per heavy atom. The van der Waals surface area contributed by atoms with Gasteiger partial charge in [0.2, 0.25) is 0 Å². The van der Waals surface area contributed by atoms with Crippen molar-refractivity contribution in [2.45, 2.75) is 18.3 Å². The van der Waals surface area contributed by atoms with Crippen molar-refractivity contribution in [1.29, 1.82) is 5.26 Å². The highest BCUT2D eigenvalue weighted by molar-refractivity contribution is 4.89. The maximum atomic E-state index is 9.18. The van der Waals surface area contributed by atoms with Gasteiger partial charge in [-0.25, -0.2) is 0 Å². The number of hydrogen-bond donors (Lipinski definition) is 3. The summed E-state index contributed by atoms with van der Waals surface area (Å²) in [6.45, 7) is 0.651. The molecule has 1 heterocycles. The van der Waals surface area contributed by atoms with Crippen LogP contribution in [0.1, 0.15) is 0 Å². The second-order valence-corrected chi connectivity index (χ2v) is 2.98. The van der Waals surface area contributed by atoms with Crippen molar-refractivity contribution in [2.24, 2.45) is 0 Å². The first kappa shape index (κ1) is 9.42. The molecule has 0 aliphatic carbocycles. The molecule has 1 fully saturated rings. The lowest BCUT2D eigenvalue weighted by Gasteiger charge is -2.35. The summed E-state index contributed by atoms with van der Waals surface area (Å²) in [7, 11) is 0. The maximum Gasteiger partial charge on any atom is 0.108 e. The van der Waals surface area contributed by atoms with Crippen molar-refractivity contribution in [3.63, 3.8) is 0 Å². The molecule has 0 aromatic heterocycles. The van der Waals surface area contributed by atoms with Crippen LogP contribution in [0.2, 0.25) is 0 Å². The van der Waals surface area contributed by atoms with Crippen molar-refractivity contribution in [3.8, 4) is 6.07 Å². The van der Waals surface area contributed by atoms with Crippen LogP contribution in [0.25, 0.3) is 0 Å². The normalized spacial score (nSPS) is 37.7. The number of nitriles is 1. The molecule has 5 nitrogen and oxygen atoms in total. The SMILES string of the molecule is N#CCN1C[C@@H](O)[C@@H](O)[C@@H](O)C1. The Labute approximate surface area is 70.5 Å². The molecule has 1 saturated heterocycles. The van der Waals surface area contributed by atoms with E-state index in [4.69, 9.17) is 10.4 Å². The predicted octanol–water partition coefficient (Wildman–Crippen LogP) is -2.09. The molecule has 5 heteroatoms. The molecule has 0 unspecified atom stereocenters. The molecule has 3 N–H and O–H groups in total. The fourth-order valence-corrected chi connectivity index (χ4v) is 1.31. The first-order chi connectivity index (χ1) is 5.65. The minimum atomic E-state index is -1.08. The molecule has 0 spiro atoms. The van der Waals surface area contributed by atoms with E-state index in [0.717, 1.165) is 0 Å². The largest absolute Gasteiger partial charge is 0.389 e. The molecule has 68 valence electrons. The van der Waals surface area contributed by atoms with Gasteiger partial charge in [-0.2, -0.15) is 5.26 Å². The standard InChI is InChI=1S/C7H12N2O3/c8-1-2-9-3-5(10)7(12)6(11)4-9/h5-7,10-12H,2-4H2/t5-,6+,7-. The number of hydrogen-bond acceptors (Lipinski definition) is 5. The third kappa shape index (κ3) is 1.93. The smallest absolute Gasteiger partial charge is 0.108 e. The van der Waals surface area contributed by atoms with Crippen molar-refractivity contribution in [1.82, 2.24) is 4.90 Å². The van der Waals surface area contributed by atoms with Crippen molar-refractivity contribution < 1.29 is 15.3 Å². The number of rotatable bonds is 1. The number of aliphatic hydroxyl groups excluding tert-OH is 3. The topological polar surface area (TPSA) is 87.7 Å². The van der Waals surface area contributed by atoms with E-state index in [-0.39, 0.29) is 19.6 Å². The number of piperidine rings is 1. The van der Waals surface area contributed by atoms with E-state index in [1.54, 1.807) is 4.90 Å². The summed E-state index contributed by atoms with van der Waals surface area (Å²) in [6, 6.07) is 1.92. The van der Waals surface area contributed by atoms with Crippen LogP contribution in [0.15, 0.2) is 0 Å². The highest BCUT2D eigenvalue weighted by atomic mass is 16.4. The summed E-state index contributed by atoms with van der Waals surface area (Å²) >= 11 is 0. The average molecular weight is 172 g/mol. The van der Waals surface area contributed by atoms with Crippen LogP contribution in [0.4, 0.5) is 0 Å². The summed E-state index contributed by atoms with van der Waals surface area (Å²) in [5.74, 6) is 0. The van der Waals surface area contributed by atoms with Gasteiger partial charge in [0.1, 0.15) is 6.10 Å². The van der Waals surface area contributed by atoms with Crippen molar-refractivity contribution >= 4 is 0 Å². The zero-order valence-corrected chi connectivity index (χ0v) is 6.59. The van der Waals surface area contributed by atoms with Gasteiger partial charge < -0.3 is 15.3 Å². The Kier molecular flexibility index (Phi) is 3.00. The fraction of sp³-hybridized carbons (Fsp3) is 0.857. The van der Waals surface area contributed by atoms with E-state index in [9.17, 15) is 10.2 Å². The second kappa shape index (κ2) is 3.83. The van der Waals surface area contributed by atoms with Gasteiger partial charge in [-0.3, -0.25) is 4.90 Å². The molecule has 1 aliphatic rings. The lowest BCUT2D eigenvalue weighted by molar-refractivity contribution is -0.107. The third-order valence-corrected chi connectivity index (χ3v) is 1.97. The Bertz CT molecular complexity index is 180. The number of likely N-dealkylation sites (tertiary alicyclic amines) is 1. The monoisotopic (exact) mass is 172 g/mol. The zero-order chi connectivity index (χ0) is 9.14. The maximum absolute atomic E-state index is 9.18. The zero-order valence-electron chi connectivity index (χ0n) is 6.59. The summed E-state index contributed by atoms with van der Waals surface area (Å²) in [4.78, 5) is 1.60. The van der Waals surface area contributed by atoms with Crippen molar-refractivity contribution in [3.05, 3.63) is 0 Å². The third-order valence-electron chi connectivity index (χ3n) is 1.97. The van der Waals surface area contributed by atoms with Crippen LogP contribution in [0, 0.1) is 11.3 Å². The highest BCUT2D eigenvalue weighted by Gasteiger charge is 2.32. The van der Waals surface area contributed by atoms with Crippen LogP contribution in [-0.4, -0.2) is 58.2 Å². The van der Waals surface area contributed by atoms with Crippen LogP contribution >= 0.6 is 0 Å². The number of aliphatic hydroxyl groups is 3. The minimum Gasteiger partial charge on any atom is -0.389 e. The number of β-amino-alcohol motifs (C(OH)–C–C–N with tert-alkyl or cyclic N) is 2. The van der Waals surface area contributed by atoms with Gasteiger partial charge in [0.15, 0.2) is 0 Å². The molecular formula is C7H12N2O3. The highest BCUT2D eigenvalue weighted by Crippen LogP contribution is 2.10. The van der Waals surface area contributed by atoms with Crippen molar-refractivity contribution in [2.75, 3.05) is 19.6 Å². The number of nitrogens with zero attached hydrogens (tertiary/aromatic N) is 2. The van der Waals surface area contributed by atoms with Crippen LogP contribution in [0.3, 0.4) is 0 Å². The Balaban J connectivity index is 2.49. The molecule has 1 aliphatic heterocycles. The molecule has 1 rings (SSSR count). The first-order valence-electron chi connectivity index (χ1n) is 3.78. The first-order valence-corrected chi connectivity index (χ1v) is 3.78. The molecule has 0 saturated carbocycles. The molecule has 3 atom stereocenters. The molecule has 0 aromatic carbocycles. The summed E-state index contributed by atoms with van der Waals surface area (Å²) in [6.07, 6.45) is -3.00. The molecule has 0 amide bonds. The lowest BCUT2D eigenvalue weighted by atomic mass is 10.0. The van der Waals surface area contributed by atoms with E-state index in [1.807, 2.05) is 6.07 Å². The molecule has 12 heavy (non-hydrogen) atoms. The summed E-state index contributed by atoms with van der Waals surface area (Å²) in [5, 5.41) is 35.8. The van der Waals surface area contributed by atoms with Gasteiger partial charge in [0, 0.05) is 13.1 Å². The van der Waals surface area contributed by atoms with Crippen LogP contribution in [-0.2, 0) is 0 Å². The van der Waals surface area contributed by atoms with Gasteiger partial charge in [-0.05, 0) is 0 Å². The van der Waals surface area contributed by atoms with Gasteiger partial charge in [-0.15, -0.1) is 0 Å². The van der Waals surface area contributed by atoms with Gasteiger partial charge in [-0.1, -0.05) is 0 Å². The van der Waals surface area contributed by atoms with Crippen LogP contribution in [0.5, 0.6) is 0 Å². The van der Waals surface area contributed by atoms with E-state index in [2.05, 4.69) is 0 Å². The summed E-state index contributed by atoms with van der Waals surface area (Å²) in [5.41, 5.74) is 0.